The topological polar surface area (TPSA) is 68.8 Å². The van der Waals surface area contributed by atoms with Crippen LogP contribution < -0.4 is 16.0 Å². The van der Waals surface area contributed by atoms with E-state index in [4.69, 9.17) is 4.99 Å². The molecule has 1 atom stereocenters. The number of carbonyl (C=O) groups excluding carboxylic acids is 1. The lowest BCUT2D eigenvalue weighted by atomic mass is 10.0. The van der Waals surface area contributed by atoms with Crippen LogP contribution >= 0.6 is 0 Å². The van der Waals surface area contributed by atoms with E-state index in [0.717, 1.165) is 37.2 Å². The van der Waals surface area contributed by atoms with Gasteiger partial charge in [-0.1, -0.05) is 25.5 Å². The first-order valence-corrected chi connectivity index (χ1v) is 10.8. The Balaban J connectivity index is 1.89. The van der Waals surface area contributed by atoms with Crippen molar-refractivity contribution in [2.24, 2.45) is 4.99 Å². The average Bonchev–Trinajstić information content (AvgIpc) is 2.72. The van der Waals surface area contributed by atoms with Crippen molar-refractivity contribution in [1.29, 1.82) is 0 Å². The summed E-state index contributed by atoms with van der Waals surface area (Å²) in [6.45, 7) is 11.4. The third kappa shape index (κ3) is 7.15. The highest BCUT2D eigenvalue weighted by Crippen LogP contribution is 2.18. The van der Waals surface area contributed by atoms with E-state index in [9.17, 15) is 4.79 Å². The molecule has 0 bridgehead atoms. The minimum Gasteiger partial charge on any atom is -0.357 e. The van der Waals surface area contributed by atoms with Crippen molar-refractivity contribution in [2.75, 3.05) is 32.7 Å². The number of aliphatic imine (C=N–C) groups is 1. The van der Waals surface area contributed by atoms with Crippen molar-refractivity contribution in [1.82, 2.24) is 20.9 Å². The average molecular weight is 388 g/mol. The van der Waals surface area contributed by atoms with Crippen LogP contribution in [-0.2, 0) is 6.54 Å². The SMILES string of the molecule is CCNC(=O)c1cccc(CN=C(NCC)NCCN2CCCCC2CC)c1. The number of rotatable bonds is 9. The second kappa shape index (κ2) is 12.4. The molecule has 156 valence electrons. The number of benzene rings is 1. The highest BCUT2D eigenvalue weighted by atomic mass is 16.1. The molecule has 28 heavy (non-hydrogen) atoms. The first-order valence-electron chi connectivity index (χ1n) is 10.8. The summed E-state index contributed by atoms with van der Waals surface area (Å²) in [4.78, 5) is 19.3. The molecule has 1 aliphatic rings. The van der Waals surface area contributed by atoms with Crippen LogP contribution in [0, 0.1) is 0 Å². The molecule has 1 aliphatic heterocycles. The Labute approximate surface area is 170 Å². The van der Waals surface area contributed by atoms with Crippen molar-refractivity contribution in [3.63, 3.8) is 0 Å². The quantitative estimate of drug-likeness (QED) is 0.450. The Morgan fingerprint density at radius 3 is 2.71 bits per heavy atom. The minimum absolute atomic E-state index is 0.0367. The molecule has 1 aromatic rings. The molecule has 6 nitrogen and oxygen atoms in total. The van der Waals surface area contributed by atoms with Gasteiger partial charge >= 0.3 is 0 Å². The maximum Gasteiger partial charge on any atom is 0.251 e. The van der Waals surface area contributed by atoms with Crippen LogP contribution in [0.2, 0.25) is 0 Å². The third-order valence-corrected chi connectivity index (χ3v) is 5.20. The number of guanidine groups is 1. The fourth-order valence-electron chi connectivity index (χ4n) is 3.72. The molecular weight excluding hydrogens is 350 g/mol. The summed E-state index contributed by atoms with van der Waals surface area (Å²) >= 11 is 0. The van der Waals surface area contributed by atoms with Gasteiger partial charge in [-0.15, -0.1) is 0 Å². The van der Waals surface area contributed by atoms with Gasteiger partial charge in [0.1, 0.15) is 0 Å². The highest BCUT2D eigenvalue weighted by molar-refractivity contribution is 5.94. The molecule has 0 spiro atoms. The first-order chi connectivity index (χ1) is 13.7. The van der Waals surface area contributed by atoms with E-state index in [0.29, 0.717) is 18.7 Å². The summed E-state index contributed by atoms with van der Waals surface area (Å²) in [7, 11) is 0. The molecule has 0 saturated carbocycles. The fraction of sp³-hybridized carbons (Fsp3) is 0.636. The number of amides is 1. The molecule has 1 fully saturated rings. The maximum atomic E-state index is 12.0. The lowest BCUT2D eigenvalue weighted by Gasteiger charge is -2.35. The molecule has 6 heteroatoms. The minimum atomic E-state index is -0.0367. The van der Waals surface area contributed by atoms with Crippen molar-refractivity contribution < 1.29 is 4.79 Å². The van der Waals surface area contributed by atoms with Crippen LogP contribution in [0.1, 0.15) is 62.4 Å². The highest BCUT2D eigenvalue weighted by Gasteiger charge is 2.19. The Hall–Kier alpha value is -2.08. The Morgan fingerprint density at radius 1 is 1.14 bits per heavy atom. The van der Waals surface area contributed by atoms with E-state index >= 15 is 0 Å². The number of nitrogens with one attached hydrogen (secondary N) is 3. The van der Waals surface area contributed by atoms with Gasteiger partial charge < -0.3 is 16.0 Å². The summed E-state index contributed by atoms with van der Waals surface area (Å²) in [6, 6.07) is 8.40. The number of piperidine rings is 1. The van der Waals surface area contributed by atoms with E-state index < -0.39 is 0 Å². The van der Waals surface area contributed by atoms with Gasteiger partial charge in [0, 0.05) is 37.8 Å². The second-order valence-corrected chi connectivity index (χ2v) is 7.28. The van der Waals surface area contributed by atoms with Crippen LogP contribution in [0.3, 0.4) is 0 Å². The zero-order valence-corrected chi connectivity index (χ0v) is 17.8. The summed E-state index contributed by atoms with van der Waals surface area (Å²) in [6.07, 6.45) is 5.23. The molecule has 3 N–H and O–H groups in total. The van der Waals surface area contributed by atoms with Crippen LogP contribution in [0.15, 0.2) is 29.3 Å². The fourth-order valence-corrected chi connectivity index (χ4v) is 3.72. The summed E-state index contributed by atoms with van der Waals surface area (Å²) in [5, 5.41) is 9.61. The second-order valence-electron chi connectivity index (χ2n) is 7.28. The molecule has 0 radical (unpaired) electrons. The molecule has 0 aromatic heterocycles. The third-order valence-electron chi connectivity index (χ3n) is 5.20. The summed E-state index contributed by atoms with van der Waals surface area (Å²) in [5.41, 5.74) is 1.71. The maximum absolute atomic E-state index is 12.0. The lowest BCUT2D eigenvalue weighted by molar-refractivity contribution is 0.0955. The number of nitrogens with zero attached hydrogens (tertiary/aromatic N) is 2. The van der Waals surface area contributed by atoms with E-state index in [-0.39, 0.29) is 5.91 Å². The van der Waals surface area contributed by atoms with Gasteiger partial charge in [0.05, 0.1) is 6.54 Å². The number of carbonyl (C=O) groups is 1. The Morgan fingerprint density at radius 2 is 1.96 bits per heavy atom. The van der Waals surface area contributed by atoms with Crippen molar-refractivity contribution in [2.45, 2.75) is 59.0 Å². The van der Waals surface area contributed by atoms with E-state index in [1.54, 1.807) is 0 Å². The van der Waals surface area contributed by atoms with Crippen molar-refractivity contribution in [3.8, 4) is 0 Å². The van der Waals surface area contributed by atoms with Gasteiger partial charge in [0.2, 0.25) is 0 Å². The van der Waals surface area contributed by atoms with Crippen molar-refractivity contribution >= 4 is 11.9 Å². The van der Waals surface area contributed by atoms with Crippen LogP contribution in [0.25, 0.3) is 0 Å². The van der Waals surface area contributed by atoms with Crippen LogP contribution in [0.5, 0.6) is 0 Å². The standard InChI is InChI=1S/C22H37N5O/c1-4-20-12-7-8-14-27(20)15-13-25-22(24-6-3)26-17-18-10-9-11-19(16-18)21(28)23-5-2/h9-11,16,20H,4-8,12-15,17H2,1-3H3,(H,23,28)(H2,24,25,26). The largest absolute Gasteiger partial charge is 0.357 e. The Bertz CT molecular complexity index is 631. The normalized spacial score (nSPS) is 18.0. The van der Waals surface area contributed by atoms with Gasteiger partial charge in [0.15, 0.2) is 5.96 Å². The molecule has 1 heterocycles. The molecule has 1 unspecified atom stereocenters. The molecule has 0 aliphatic carbocycles. The van der Waals surface area contributed by atoms with E-state index in [2.05, 4.69) is 34.7 Å². The zero-order chi connectivity index (χ0) is 20.2. The van der Waals surface area contributed by atoms with Gasteiger partial charge in [-0.05, 0) is 57.4 Å². The monoisotopic (exact) mass is 387 g/mol. The molecular formula is C22H37N5O. The van der Waals surface area contributed by atoms with Crippen LogP contribution in [-0.4, -0.2) is 55.5 Å². The van der Waals surface area contributed by atoms with Crippen LogP contribution in [0.4, 0.5) is 0 Å². The van der Waals surface area contributed by atoms with Crippen molar-refractivity contribution in [3.05, 3.63) is 35.4 Å². The zero-order valence-electron chi connectivity index (χ0n) is 17.8. The van der Waals surface area contributed by atoms with Gasteiger partial charge in [-0.25, -0.2) is 4.99 Å². The molecule has 1 saturated heterocycles. The number of likely N-dealkylation sites (tertiary alicyclic amines) is 1. The predicted octanol–water partition coefficient (Wildman–Crippen LogP) is 2.76. The van der Waals surface area contributed by atoms with E-state index in [1.165, 1.54) is 32.2 Å². The first kappa shape index (κ1) is 22.2. The Kier molecular flexibility index (Phi) is 9.83. The van der Waals surface area contributed by atoms with E-state index in [1.807, 2.05) is 31.2 Å². The lowest BCUT2D eigenvalue weighted by Crippen LogP contribution is -2.45. The molecule has 2 rings (SSSR count). The summed E-state index contributed by atoms with van der Waals surface area (Å²) < 4.78 is 0. The predicted molar refractivity (Wildman–Crippen MR) is 117 cm³/mol. The van der Waals surface area contributed by atoms with Gasteiger partial charge in [0.25, 0.3) is 5.91 Å². The number of hydrogen-bond donors (Lipinski definition) is 3. The number of hydrogen-bond acceptors (Lipinski definition) is 3. The van der Waals surface area contributed by atoms with Gasteiger partial charge in [-0.3, -0.25) is 9.69 Å². The molecule has 1 aromatic carbocycles. The smallest absolute Gasteiger partial charge is 0.251 e. The summed E-state index contributed by atoms with van der Waals surface area (Å²) in [5.74, 6) is 0.793. The van der Waals surface area contributed by atoms with Gasteiger partial charge in [-0.2, -0.15) is 0 Å². The molecule has 1 amide bonds.